The first-order valence-corrected chi connectivity index (χ1v) is 11.3. The molecule has 1 aliphatic carbocycles. The van der Waals surface area contributed by atoms with Crippen LogP contribution in [0.1, 0.15) is 29.5 Å². The minimum Gasteiger partial charge on any atom is -0.389 e. The number of halogens is 1. The third-order valence-electron chi connectivity index (χ3n) is 6.33. The third kappa shape index (κ3) is 4.18. The number of benzene rings is 2. The van der Waals surface area contributed by atoms with Crippen molar-refractivity contribution in [2.75, 3.05) is 11.9 Å². The third-order valence-corrected chi connectivity index (χ3v) is 6.49. The van der Waals surface area contributed by atoms with Crippen LogP contribution in [0, 0.1) is 0 Å². The molecule has 2 aromatic carbocycles. The number of nitrogens with one attached hydrogen (secondary N) is 1. The summed E-state index contributed by atoms with van der Waals surface area (Å²) in [5.41, 5.74) is 9.33. The van der Waals surface area contributed by atoms with E-state index in [-0.39, 0.29) is 11.2 Å². The highest BCUT2D eigenvalue weighted by Gasteiger charge is 2.41. The fourth-order valence-corrected chi connectivity index (χ4v) is 4.73. The highest BCUT2D eigenvalue weighted by Crippen LogP contribution is 2.34. The van der Waals surface area contributed by atoms with E-state index in [9.17, 15) is 10.2 Å². The molecule has 33 heavy (non-hydrogen) atoms. The number of aromatic nitrogens is 4. The summed E-state index contributed by atoms with van der Waals surface area (Å²) in [4.78, 5) is 13.2. The summed E-state index contributed by atoms with van der Waals surface area (Å²) in [5, 5.41) is 24.0. The van der Waals surface area contributed by atoms with Gasteiger partial charge in [0.05, 0.1) is 18.5 Å². The van der Waals surface area contributed by atoms with Crippen molar-refractivity contribution in [1.82, 2.24) is 19.5 Å². The highest BCUT2D eigenvalue weighted by atomic mass is 35.5. The van der Waals surface area contributed by atoms with Crippen LogP contribution in [0.2, 0.25) is 5.28 Å². The predicted molar refractivity (Wildman–Crippen MR) is 127 cm³/mol. The Bertz CT molecular complexity index is 1200. The Labute approximate surface area is 196 Å². The molecule has 0 amide bonds. The van der Waals surface area contributed by atoms with Crippen LogP contribution in [0.5, 0.6) is 0 Å². The van der Waals surface area contributed by atoms with Gasteiger partial charge in [0.1, 0.15) is 6.10 Å². The van der Waals surface area contributed by atoms with Gasteiger partial charge in [0.25, 0.3) is 0 Å². The first-order chi connectivity index (χ1) is 16.0. The van der Waals surface area contributed by atoms with E-state index in [4.69, 9.17) is 17.3 Å². The summed E-state index contributed by atoms with van der Waals surface area (Å²) in [5.74, 6) is 0.598. The smallest absolute Gasteiger partial charge is 0.226 e. The predicted octanol–water partition coefficient (Wildman–Crippen LogP) is 2.72. The molecule has 0 bridgehead atoms. The number of imidazole rings is 1. The minimum atomic E-state index is -1.01. The van der Waals surface area contributed by atoms with E-state index >= 15 is 0 Å². The van der Waals surface area contributed by atoms with Crippen LogP contribution >= 0.6 is 11.6 Å². The number of anilines is 1. The largest absolute Gasteiger partial charge is 0.389 e. The van der Waals surface area contributed by atoms with Crippen molar-refractivity contribution in [1.29, 1.82) is 0 Å². The molecular formula is C24H25ClN6O2. The van der Waals surface area contributed by atoms with E-state index in [0.717, 1.165) is 0 Å². The molecule has 0 aliphatic heterocycles. The average Bonchev–Trinajstić information content (AvgIpc) is 3.36. The zero-order valence-electron chi connectivity index (χ0n) is 17.8. The van der Waals surface area contributed by atoms with Crippen LogP contribution < -0.4 is 11.1 Å². The number of hydrogen-bond donors (Lipinski definition) is 4. The van der Waals surface area contributed by atoms with E-state index < -0.39 is 24.3 Å². The Morgan fingerprint density at radius 2 is 1.64 bits per heavy atom. The Morgan fingerprint density at radius 3 is 2.21 bits per heavy atom. The first-order valence-electron chi connectivity index (χ1n) is 10.9. The Hall–Kier alpha value is -3.04. The second-order valence-electron chi connectivity index (χ2n) is 8.37. The number of aliphatic hydroxyl groups excluding tert-OH is 2. The summed E-state index contributed by atoms with van der Waals surface area (Å²) >= 11 is 6.26. The van der Waals surface area contributed by atoms with Crippen molar-refractivity contribution in [3.63, 3.8) is 0 Å². The quantitative estimate of drug-likeness (QED) is 0.323. The maximum Gasteiger partial charge on any atom is 0.226 e. The van der Waals surface area contributed by atoms with Gasteiger partial charge in [0, 0.05) is 18.5 Å². The monoisotopic (exact) mass is 464 g/mol. The molecule has 8 nitrogen and oxygen atoms in total. The highest BCUT2D eigenvalue weighted by molar-refractivity contribution is 6.28. The summed E-state index contributed by atoms with van der Waals surface area (Å²) in [6.45, 7) is 0.568. The van der Waals surface area contributed by atoms with Crippen LogP contribution in [0.15, 0.2) is 67.0 Å². The number of hydrogen-bond acceptors (Lipinski definition) is 7. The van der Waals surface area contributed by atoms with Gasteiger partial charge in [-0.2, -0.15) is 9.97 Å². The lowest BCUT2D eigenvalue weighted by atomic mass is 9.91. The van der Waals surface area contributed by atoms with Gasteiger partial charge in [-0.3, -0.25) is 0 Å². The Balaban J connectivity index is 1.47. The molecule has 2 heterocycles. The van der Waals surface area contributed by atoms with Crippen LogP contribution in [-0.2, 0) is 0 Å². The molecule has 9 heteroatoms. The molecule has 1 saturated carbocycles. The van der Waals surface area contributed by atoms with Crippen molar-refractivity contribution < 1.29 is 10.2 Å². The van der Waals surface area contributed by atoms with Crippen LogP contribution in [0.3, 0.4) is 0 Å². The number of nitrogens with two attached hydrogens (primary N) is 1. The van der Waals surface area contributed by atoms with Gasteiger partial charge in [-0.25, -0.2) is 4.98 Å². The van der Waals surface area contributed by atoms with Gasteiger partial charge in [-0.15, -0.1) is 0 Å². The molecule has 4 atom stereocenters. The summed E-state index contributed by atoms with van der Waals surface area (Å²) < 4.78 is 1.72. The summed E-state index contributed by atoms with van der Waals surface area (Å²) in [7, 11) is 0. The maximum atomic E-state index is 10.5. The number of nitrogens with zero attached hydrogens (tertiary/aromatic N) is 4. The van der Waals surface area contributed by atoms with E-state index in [1.54, 1.807) is 10.9 Å². The Kier molecular flexibility index (Phi) is 5.99. The molecule has 2 aromatic heterocycles. The number of fused-ring (bicyclic) bond motifs is 1. The van der Waals surface area contributed by atoms with Crippen LogP contribution in [0.25, 0.3) is 11.2 Å². The van der Waals surface area contributed by atoms with E-state index in [2.05, 4.69) is 44.5 Å². The molecule has 0 spiro atoms. The lowest BCUT2D eigenvalue weighted by molar-refractivity contribution is 0.0187. The van der Waals surface area contributed by atoms with Gasteiger partial charge in [0.2, 0.25) is 5.28 Å². The van der Waals surface area contributed by atoms with Crippen LogP contribution in [0.4, 0.5) is 5.82 Å². The number of aliphatic hydroxyl groups is 2. The topological polar surface area (TPSA) is 122 Å². The van der Waals surface area contributed by atoms with Gasteiger partial charge < -0.3 is 25.8 Å². The molecule has 0 radical (unpaired) electrons. The van der Waals surface area contributed by atoms with Crippen molar-refractivity contribution in [3.8, 4) is 0 Å². The second kappa shape index (κ2) is 9.07. The van der Waals surface area contributed by atoms with Crippen LogP contribution in [-0.4, -0.2) is 54.5 Å². The van der Waals surface area contributed by atoms with E-state index in [1.165, 1.54) is 11.1 Å². The van der Waals surface area contributed by atoms with Gasteiger partial charge in [-0.05, 0) is 29.1 Å². The normalized spacial score (nSPS) is 22.8. The molecule has 1 fully saturated rings. The van der Waals surface area contributed by atoms with Crippen molar-refractivity contribution >= 4 is 28.6 Å². The Morgan fingerprint density at radius 1 is 1.00 bits per heavy atom. The molecular weight excluding hydrogens is 440 g/mol. The second-order valence-corrected chi connectivity index (χ2v) is 8.71. The average molecular weight is 465 g/mol. The standard InChI is InChI=1S/C24H25ClN6O2/c25-24-29-22(19-23(30-24)31(13-28-19)18-11-17(26)20(32)21(18)33)27-12-16(14-7-3-1-4-8-14)15-9-5-2-6-10-15/h1-10,13,16-18,20-21,32-33H,11-12,26H2,(H,27,29,30). The molecule has 4 unspecified atom stereocenters. The van der Waals surface area contributed by atoms with Crippen molar-refractivity contribution in [2.24, 2.45) is 5.73 Å². The van der Waals surface area contributed by atoms with Gasteiger partial charge in [0.15, 0.2) is 17.0 Å². The lowest BCUT2D eigenvalue weighted by Crippen LogP contribution is -2.35. The van der Waals surface area contributed by atoms with Gasteiger partial charge in [-0.1, -0.05) is 60.7 Å². The molecule has 1 aliphatic rings. The molecule has 5 rings (SSSR count). The van der Waals surface area contributed by atoms with Crippen molar-refractivity contribution in [3.05, 3.63) is 83.4 Å². The fraction of sp³-hybridized carbons (Fsp3) is 0.292. The van der Waals surface area contributed by atoms with E-state index in [0.29, 0.717) is 29.9 Å². The molecule has 0 saturated heterocycles. The first kappa shape index (κ1) is 21.8. The lowest BCUT2D eigenvalue weighted by Gasteiger charge is -2.20. The SMILES string of the molecule is NC1CC(n2cnc3c(NCC(c4ccccc4)c4ccccc4)nc(Cl)nc32)C(O)C1O. The van der Waals surface area contributed by atoms with Gasteiger partial charge >= 0.3 is 0 Å². The summed E-state index contributed by atoms with van der Waals surface area (Å²) in [6, 6.07) is 19.6. The molecule has 4 aromatic rings. The molecule has 170 valence electrons. The molecule has 5 N–H and O–H groups in total. The van der Waals surface area contributed by atoms with Crippen molar-refractivity contribution in [2.45, 2.75) is 36.6 Å². The maximum absolute atomic E-state index is 10.5. The number of rotatable bonds is 6. The zero-order valence-corrected chi connectivity index (χ0v) is 18.5. The minimum absolute atomic E-state index is 0.0695. The zero-order chi connectivity index (χ0) is 22.9. The fourth-order valence-electron chi connectivity index (χ4n) is 4.57. The van der Waals surface area contributed by atoms with E-state index in [1.807, 2.05) is 36.4 Å². The summed E-state index contributed by atoms with van der Waals surface area (Å²) in [6.07, 6.45) is -0.0175.